The maximum atomic E-state index is 12.2. The summed E-state index contributed by atoms with van der Waals surface area (Å²) in [4.78, 5) is 23.4. The van der Waals surface area contributed by atoms with E-state index in [1.54, 1.807) is 0 Å². The normalized spacial score (nSPS) is 16.0. The van der Waals surface area contributed by atoms with Gasteiger partial charge >= 0.3 is 0 Å². The number of nitrogens with one attached hydrogen (secondary N) is 1. The molecular formula is C20H26ClN5O3S. The van der Waals surface area contributed by atoms with Crippen LogP contribution in [0.3, 0.4) is 0 Å². The molecular weight excluding hydrogens is 426 g/mol. The number of carbonyl (C=O) groups excluding carboxylic acids is 2. The number of nitrogens with two attached hydrogens (primary N) is 1. The summed E-state index contributed by atoms with van der Waals surface area (Å²) < 4.78 is 7.67. The van der Waals surface area contributed by atoms with Gasteiger partial charge in [-0.05, 0) is 37.0 Å². The molecule has 2 heterocycles. The van der Waals surface area contributed by atoms with Crippen molar-refractivity contribution in [2.75, 3.05) is 18.9 Å². The Bertz CT molecular complexity index is 853. The van der Waals surface area contributed by atoms with Crippen LogP contribution >= 0.6 is 23.4 Å². The van der Waals surface area contributed by atoms with Crippen LogP contribution in [0.1, 0.15) is 30.7 Å². The number of halogens is 1. The summed E-state index contributed by atoms with van der Waals surface area (Å²) in [7, 11) is 0. The number of ether oxygens (including phenoxy) is 1. The number of aryl methyl sites for hydroxylation is 1. The summed E-state index contributed by atoms with van der Waals surface area (Å²) in [5.74, 6) is 0.477. The zero-order valence-corrected chi connectivity index (χ0v) is 18.3. The Morgan fingerprint density at radius 3 is 2.77 bits per heavy atom. The molecule has 2 amide bonds. The molecule has 1 aromatic carbocycles. The lowest BCUT2D eigenvalue weighted by atomic mass is 10.1. The van der Waals surface area contributed by atoms with Gasteiger partial charge in [0, 0.05) is 31.0 Å². The van der Waals surface area contributed by atoms with Crippen LogP contribution in [0.25, 0.3) is 0 Å². The zero-order chi connectivity index (χ0) is 21.3. The van der Waals surface area contributed by atoms with Crippen molar-refractivity contribution in [3.63, 3.8) is 0 Å². The molecule has 1 saturated heterocycles. The first-order valence-electron chi connectivity index (χ1n) is 9.97. The molecule has 0 radical (unpaired) electrons. The van der Waals surface area contributed by atoms with Crippen LogP contribution in [0.5, 0.6) is 0 Å². The maximum Gasteiger partial charge on any atom is 0.230 e. The van der Waals surface area contributed by atoms with Crippen molar-refractivity contribution in [3.8, 4) is 0 Å². The minimum Gasteiger partial charge on any atom is -0.376 e. The monoisotopic (exact) mass is 451 g/mol. The quantitative estimate of drug-likeness (QED) is 0.505. The number of benzene rings is 1. The molecule has 1 atom stereocenters. The molecule has 1 unspecified atom stereocenters. The van der Waals surface area contributed by atoms with Crippen LogP contribution in [0, 0.1) is 0 Å². The van der Waals surface area contributed by atoms with Crippen LogP contribution in [0.15, 0.2) is 29.4 Å². The number of thioether (sulfide) groups is 1. The Balaban J connectivity index is 1.51. The van der Waals surface area contributed by atoms with Crippen LogP contribution in [-0.2, 0) is 33.7 Å². The van der Waals surface area contributed by atoms with E-state index in [9.17, 15) is 9.59 Å². The van der Waals surface area contributed by atoms with Crippen LogP contribution in [0.2, 0.25) is 5.02 Å². The zero-order valence-electron chi connectivity index (χ0n) is 16.7. The molecule has 1 aromatic heterocycles. The Labute approximate surface area is 184 Å². The average molecular weight is 452 g/mol. The van der Waals surface area contributed by atoms with E-state index < -0.39 is 0 Å². The summed E-state index contributed by atoms with van der Waals surface area (Å²) >= 11 is 7.21. The molecule has 1 aliphatic rings. The van der Waals surface area contributed by atoms with E-state index in [-0.39, 0.29) is 30.1 Å². The molecule has 1 fully saturated rings. The molecule has 30 heavy (non-hydrogen) atoms. The molecule has 0 spiro atoms. The first kappa shape index (κ1) is 22.6. The third kappa shape index (κ3) is 7.00. The highest BCUT2D eigenvalue weighted by Crippen LogP contribution is 2.22. The van der Waals surface area contributed by atoms with Gasteiger partial charge in [-0.2, -0.15) is 0 Å². The summed E-state index contributed by atoms with van der Waals surface area (Å²) in [6.45, 7) is 1.91. The second-order valence-electron chi connectivity index (χ2n) is 7.13. The fourth-order valence-electron chi connectivity index (χ4n) is 3.20. The number of nitrogens with zero attached hydrogens (tertiary/aromatic N) is 3. The number of hydrogen-bond acceptors (Lipinski definition) is 6. The van der Waals surface area contributed by atoms with Crippen molar-refractivity contribution in [2.24, 2.45) is 5.73 Å². The number of carbonyl (C=O) groups is 2. The van der Waals surface area contributed by atoms with Gasteiger partial charge < -0.3 is 20.4 Å². The topological polar surface area (TPSA) is 112 Å². The molecule has 3 rings (SSSR count). The SMILES string of the molecule is NC(=O)CCc1nnc(SCC(=O)NCCc2ccc(Cl)cc2)n1CC1CCCO1. The van der Waals surface area contributed by atoms with Gasteiger partial charge in [-0.1, -0.05) is 35.5 Å². The molecule has 8 nitrogen and oxygen atoms in total. The summed E-state index contributed by atoms with van der Waals surface area (Å²) in [5.41, 5.74) is 6.38. The molecule has 0 saturated carbocycles. The van der Waals surface area contributed by atoms with Gasteiger partial charge in [-0.3, -0.25) is 9.59 Å². The van der Waals surface area contributed by atoms with E-state index in [2.05, 4.69) is 15.5 Å². The fourth-order valence-corrected chi connectivity index (χ4v) is 4.12. The fraction of sp³-hybridized carbons (Fsp3) is 0.500. The standard InChI is InChI=1S/C20H26ClN5O3S/c21-15-5-3-14(4-6-15)9-10-23-19(28)13-30-20-25-24-18(8-7-17(22)27)26(20)12-16-2-1-11-29-16/h3-6,16H,1-2,7-13H2,(H2,22,27)(H,23,28). The Kier molecular flexibility index (Phi) is 8.53. The number of amides is 2. The van der Waals surface area contributed by atoms with Gasteiger partial charge in [0.05, 0.1) is 18.4 Å². The van der Waals surface area contributed by atoms with Crippen molar-refractivity contribution < 1.29 is 14.3 Å². The molecule has 0 aliphatic carbocycles. The molecule has 0 bridgehead atoms. The first-order chi connectivity index (χ1) is 14.5. The molecule has 2 aromatic rings. The van der Waals surface area contributed by atoms with Crippen molar-refractivity contribution in [1.82, 2.24) is 20.1 Å². The minimum absolute atomic E-state index is 0.0701. The highest BCUT2D eigenvalue weighted by Gasteiger charge is 2.21. The lowest BCUT2D eigenvalue weighted by molar-refractivity contribution is -0.119. The second-order valence-corrected chi connectivity index (χ2v) is 8.50. The van der Waals surface area contributed by atoms with Gasteiger partial charge in [0.25, 0.3) is 0 Å². The highest BCUT2D eigenvalue weighted by atomic mass is 35.5. The highest BCUT2D eigenvalue weighted by molar-refractivity contribution is 7.99. The molecule has 162 valence electrons. The van der Waals surface area contributed by atoms with E-state index in [1.807, 2.05) is 28.8 Å². The number of primary amides is 1. The number of rotatable bonds is 11. The second kappa shape index (κ2) is 11.3. The lowest BCUT2D eigenvalue weighted by Crippen LogP contribution is -2.27. The first-order valence-corrected chi connectivity index (χ1v) is 11.3. The van der Waals surface area contributed by atoms with Crippen LogP contribution in [0.4, 0.5) is 0 Å². The predicted octanol–water partition coefficient (Wildman–Crippen LogP) is 1.98. The summed E-state index contributed by atoms with van der Waals surface area (Å²) in [6, 6.07) is 7.57. The average Bonchev–Trinajstić information content (AvgIpc) is 3.37. The van der Waals surface area contributed by atoms with E-state index >= 15 is 0 Å². The molecule has 10 heteroatoms. The van der Waals surface area contributed by atoms with Gasteiger partial charge in [0.1, 0.15) is 5.82 Å². The van der Waals surface area contributed by atoms with Crippen LogP contribution < -0.4 is 11.1 Å². The predicted molar refractivity (Wildman–Crippen MR) is 115 cm³/mol. The summed E-state index contributed by atoms with van der Waals surface area (Å²) in [6.07, 6.45) is 3.47. The minimum atomic E-state index is -0.379. The van der Waals surface area contributed by atoms with Gasteiger partial charge in [0.15, 0.2) is 5.16 Å². The van der Waals surface area contributed by atoms with Gasteiger partial charge in [-0.15, -0.1) is 10.2 Å². The van der Waals surface area contributed by atoms with E-state index in [0.717, 1.165) is 31.4 Å². The van der Waals surface area contributed by atoms with E-state index in [4.69, 9.17) is 22.1 Å². The molecule has 1 aliphatic heterocycles. The van der Waals surface area contributed by atoms with E-state index in [1.165, 1.54) is 11.8 Å². The van der Waals surface area contributed by atoms with Crippen molar-refractivity contribution in [1.29, 1.82) is 0 Å². The van der Waals surface area contributed by atoms with Gasteiger partial charge in [0.2, 0.25) is 11.8 Å². The Morgan fingerprint density at radius 2 is 2.07 bits per heavy atom. The third-order valence-corrected chi connectivity index (χ3v) is 6.00. The maximum absolute atomic E-state index is 12.2. The summed E-state index contributed by atoms with van der Waals surface area (Å²) in [5, 5.41) is 12.7. The smallest absolute Gasteiger partial charge is 0.230 e. The van der Waals surface area contributed by atoms with E-state index in [0.29, 0.717) is 35.5 Å². The lowest BCUT2D eigenvalue weighted by Gasteiger charge is -2.14. The van der Waals surface area contributed by atoms with Crippen molar-refractivity contribution >= 4 is 35.2 Å². The third-order valence-electron chi connectivity index (χ3n) is 4.78. The Hall–Kier alpha value is -2.10. The van der Waals surface area contributed by atoms with Crippen molar-refractivity contribution in [2.45, 2.75) is 49.9 Å². The number of hydrogen-bond donors (Lipinski definition) is 2. The Morgan fingerprint density at radius 1 is 1.27 bits per heavy atom. The largest absolute Gasteiger partial charge is 0.376 e. The van der Waals surface area contributed by atoms with Crippen LogP contribution in [-0.4, -0.2) is 51.6 Å². The molecule has 3 N–H and O–H groups in total. The van der Waals surface area contributed by atoms with Gasteiger partial charge in [-0.25, -0.2) is 0 Å². The van der Waals surface area contributed by atoms with Crippen molar-refractivity contribution in [3.05, 3.63) is 40.7 Å². The number of aromatic nitrogens is 3.